The highest BCUT2D eigenvalue weighted by molar-refractivity contribution is 7.99. The summed E-state index contributed by atoms with van der Waals surface area (Å²) in [5, 5.41) is 8.70. The Morgan fingerprint density at radius 1 is 1.60 bits per heavy atom. The molecule has 0 spiro atoms. The maximum atomic E-state index is 11.3. The first-order valence-corrected chi connectivity index (χ1v) is 6.58. The van der Waals surface area contributed by atoms with Gasteiger partial charge in [-0.05, 0) is 25.0 Å². The summed E-state index contributed by atoms with van der Waals surface area (Å²) >= 11 is 1.61. The van der Waals surface area contributed by atoms with E-state index >= 15 is 0 Å². The molecule has 15 heavy (non-hydrogen) atoms. The highest BCUT2D eigenvalue weighted by Crippen LogP contribution is 2.27. The van der Waals surface area contributed by atoms with Gasteiger partial charge in [-0.2, -0.15) is 17.0 Å². The van der Waals surface area contributed by atoms with Crippen LogP contribution in [0.2, 0.25) is 0 Å². The van der Waals surface area contributed by atoms with Gasteiger partial charge in [0.25, 0.3) is 0 Å². The normalized spacial score (nSPS) is 24.8. The van der Waals surface area contributed by atoms with Gasteiger partial charge < -0.3 is 4.74 Å². The van der Waals surface area contributed by atoms with Crippen molar-refractivity contribution in [1.29, 1.82) is 5.26 Å². The van der Waals surface area contributed by atoms with Crippen LogP contribution in [0, 0.1) is 17.2 Å². The van der Waals surface area contributed by atoms with E-state index < -0.39 is 0 Å². The first-order chi connectivity index (χ1) is 7.26. The number of nitrogens with zero attached hydrogens (tertiary/aromatic N) is 1. The van der Waals surface area contributed by atoms with Crippen LogP contribution in [0.5, 0.6) is 0 Å². The van der Waals surface area contributed by atoms with Crippen molar-refractivity contribution in [3.05, 3.63) is 0 Å². The molecule has 2 atom stereocenters. The molecule has 1 saturated carbocycles. The average molecular weight is 227 g/mol. The van der Waals surface area contributed by atoms with Crippen LogP contribution in [0.3, 0.4) is 0 Å². The predicted molar refractivity (Wildman–Crippen MR) is 60.5 cm³/mol. The average Bonchev–Trinajstić information content (AvgIpc) is 2.66. The summed E-state index contributed by atoms with van der Waals surface area (Å²) in [7, 11) is 0. The number of hydrogen-bond donors (Lipinski definition) is 0. The Balaban J connectivity index is 2.14. The zero-order valence-corrected chi connectivity index (χ0v) is 9.89. The zero-order chi connectivity index (χ0) is 11.1. The molecule has 0 aromatic carbocycles. The number of ether oxygens (including phenoxy) is 1. The molecular weight excluding hydrogens is 210 g/mol. The maximum absolute atomic E-state index is 11.3. The quantitative estimate of drug-likeness (QED) is 0.534. The minimum Gasteiger partial charge on any atom is -0.462 e. The van der Waals surface area contributed by atoms with Crippen molar-refractivity contribution in [2.24, 2.45) is 5.92 Å². The fourth-order valence-electron chi connectivity index (χ4n) is 1.68. The van der Waals surface area contributed by atoms with Crippen molar-refractivity contribution in [2.75, 3.05) is 11.5 Å². The van der Waals surface area contributed by atoms with Crippen LogP contribution in [-0.2, 0) is 9.53 Å². The second-order valence-corrected chi connectivity index (χ2v) is 4.91. The van der Waals surface area contributed by atoms with Crippen molar-refractivity contribution in [2.45, 2.75) is 38.7 Å². The molecule has 4 heteroatoms. The summed E-state index contributed by atoms with van der Waals surface area (Å²) in [4.78, 5) is 11.3. The molecule has 1 aliphatic carbocycles. The molecule has 0 radical (unpaired) electrons. The Kier molecular flexibility index (Phi) is 5.56. The summed E-state index contributed by atoms with van der Waals surface area (Å²) in [5.74, 6) is 1.41. The van der Waals surface area contributed by atoms with Gasteiger partial charge in [-0.25, -0.2) is 0 Å². The first kappa shape index (κ1) is 12.4. The third kappa shape index (κ3) is 4.57. The molecule has 84 valence electrons. The maximum Gasteiger partial charge on any atom is 0.316 e. The smallest absolute Gasteiger partial charge is 0.316 e. The van der Waals surface area contributed by atoms with Crippen LogP contribution in [0.15, 0.2) is 0 Å². The minimum atomic E-state index is -0.128. The van der Waals surface area contributed by atoms with Gasteiger partial charge in [0.2, 0.25) is 0 Å². The molecule has 0 saturated heterocycles. The van der Waals surface area contributed by atoms with Crippen LogP contribution in [-0.4, -0.2) is 23.6 Å². The topological polar surface area (TPSA) is 50.1 Å². The van der Waals surface area contributed by atoms with E-state index in [2.05, 4.69) is 13.0 Å². The molecule has 0 bridgehead atoms. The van der Waals surface area contributed by atoms with Crippen LogP contribution < -0.4 is 0 Å². The van der Waals surface area contributed by atoms with Crippen LogP contribution in [0.1, 0.15) is 32.6 Å². The third-order valence-electron chi connectivity index (χ3n) is 2.43. The van der Waals surface area contributed by atoms with E-state index in [9.17, 15) is 4.79 Å². The van der Waals surface area contributed by atoms with Crippen LogP contribution in [0.25, 0.3) is 0 Å². The Labute approximate surface area is 95.2 Å². The lowest BCUT2D eigenvalue weighted by atomic mass is 10.1. The van der Waals surface area contributed by atoms with Crippen LogP contribution >= 0.6 is 11.8 Å². The lowest BCUT2D eigenvalue weighted by molar-refractivity contribution is -0.145. The Hall–Kier alpha value is -0.690. The lowest BCUT2D eigenvalue weighted by Gasteiger charge is -2.10. The van der Waals surface area contributed by atoms with Gasteiger partial charge >= 0.3 is 5.97 Å². The van der Waals surface area contributed by atoms with Gasteiger partial charge in [-0.1, -0.05) is 6.92 Å². The van der Waals surface area contributed by atoms with E-state index in [1.807, 2.05) is 0 Å². The summed E-state index contributed by atoms with van der Waals surface area (Å²) < 4.78 is 5.28. The molecule has 1 aliphatic rings. The van der Waals surface area contributed by atoms with Gasteiger partial charge in [-0.15, -0.1) is 0 Å². The number of carbonyl (C=O) groups is 1. The number of esters is 1. The molecule has 0 heterocycles. The molecule has 0 N–H and O–H groups in total. The molecule has 0 unspecified atom stereocenters. The Morgan fingerprint density at radius 2 is 2.40 bits per heavy atom. The molecule has 1 fully saturated rings. The second kappa shape index (κ2) is 6.73. The standard InChI is InChI=1S/C11H17NO2S/c1-2-5-15-8-11(13)14-10-4-3-9(6-10)7-12/h9-10H,2-6,8H2,1H3/t9-,10+/m1/s1. The van der Waals surface area contributed by atoms with Crippen LogP contribution in [0.4, 0.5) is 0 Å². The van der Waals surface area contributed by atoms with Crippen molar-refractivity contribution in [3.8, 4) is 6.07 Å². The van der Waals surface area contributed by atoms with Crippen molar-refractivity contribution in [3.63, 3.8) is 0 Å². The fraction of sp³-hybridized carbons (Fsp3) is 0.818. The Bertz CT molecular complexity index is 249. The molecule has 0 aromatic rings. The zero-order valence-electron chi connectivity index (χ0n) is 9.07. The lowest BCUT2D eigenvalue weighted by Crippen LogP contribution is -2.17. The fourth-order valence-corrected chi connectivity index (χ4v) is 2.35. The van der Waals surface area contributed by atoms with Gasteiger partial charge in [0.1, 0.15) is 6.10 Å². The van der Waals surface area contributed by atoms with E-state index in [-0.39, 0.29) is 18.0 Å². The number of hydrogen-bond acceptors (Lipinski definition) is 4. The third-order valence-corrected chi connectivity index (χ3v) is 3.57. The summed E-state index contributed by atoms with van der Waals surface area (Å²) in [5.41, 5.74) is 0. The van der Waals surface area contributed by atoms with E-state index in [0.717, 1.165) is 31.4 Å². The summed E-state index contributed by atoms with van der Waals surface area (Å²) in [6.45, 7) is 2.09. The van der Waals surface area contributed by atoms with E-state index in [1.54, 1.807) is 11.8 Å². The molecule has 3 nitrogen and oxygen atoms in total. The monoisotopic (exact) mass is 227 g/mol. The Morgan fingerprint density at radius 3 is 3.00 bits per heavy atom. The molecule has 0 aliphatic heterocycles. The van der Waals surface area contributed by atoms with Gasteiger partial charge in [-0.3, -0.25) is 4.79 Å². The summed E-state index contributed by atoms with van der Waals surface area (Å²) in [6.07, 6.45) is 3.52. The first-order valence-electron chi connectivity index (χ1n) is 5.43. The second-order valence-electron chi connectivity index (χ2n) is 3.80. The minimum absolute atomic E-state index is 0.00984. The largest absolute Gasteiger partial charge is 0.462 e. The number of rotatable bonds is 5. The molecule has 1 rings (SSSR count). The van der Waals surface area contributed by atoms with Crippen molar-refractivity contribution in [1.82, 2.24) is 0 Å². The molecular formula is C11H17NO2S. The van der Waals surface area contributed by atoms with E-state index in [0.29, 0.717) is 5.75 Å². The van der Waals surface area contributed by atoms with Gasteiger partial charge in [0.15, 0.2) is 0 Å². The van der Waals surface area contributed by atoms with E-state index in [1.165, 1.54) is 0 Å². The molecule has 0 aromatic heterocycles. The summed E-state index contributed by atoms with van der Waals surface area (Å²) in [6, 6.07) is 2.22. The number of thioether (sulfide) groups is 1. The van der Waals surface area contributed by atoms with E-state index in [4.69, 9.17) is 10.00 Å². The van der Waals surface area contributed by atoms with Crippen molar-refractivity contribution >= 4 is 17.7 Å². The van der Waals surface area contributed by atoms with Crippen molar-refractivity contribution < 1.29 is 9.53 Å². The predicted octanol–water partition coefficient (Wildman–Crippen LogP) is 2.37. The molecule has 0 amide bonds. The SMILES string of the molecule is CCCSCC(=O)O[C@H]1CC[C@@H](C#N)C1. The van der Waals surface area contributed by atoms with Gasteiger partial charge in [0.05, 0.1) is 11.8 Å². The van der Waals surface area contributed by atoms with Gasteiger partial charge in [0, 0.05) is 12.3 Å². The number of carbonyl (C=O) groups excluding carboxylic acids is 1. The highest BCUT2D eigenvalue weighted by atomic mass is 32.2. The number of nitriles is 1. The highest BCUT2D eigenvalue weighted by Gasteiger charge is 2.27.